The molecular weight excluding hydrogens is 216 g/mol. The highest BCUT2D eigenvalue weighted by molar-refractivity contribution is 5.32. The summed E-state index contributed by atoms with van der Waals surface area (Å²) in [5, 5.41) is 25.5. The number of rotatable bonds is 4. The molecule has 0 fully saturated rings. The predicted molar refractivity (Wildman–Crippen MR) is 61.1 cm³/mol. The molecule has 0 saturated heterocycles. The van der Waals surface area contributed by atoms with E-state index in [9.17, 15) is 0 Å². The molecule has 0 amide bonds. The van der Waals surface area contributed by atoms with Crippen LogP contribution in [0.5, 0.6) is 0 Å². The summed E-state index contributed by atoms with van der Waals surface area (Å²) in [5.74, 6) is 0. The number of benzene rings is 1. The van der Waals surface area contributed by atoms with Crippen LogP contribution in [0.3, 0.4) is 0 Å². The van der Waals surface area contributed by atoms with Crippen LogP contribution >= 0.6 is 0 Å². The largest absolute Gasteiger partial charge is 0.396 e. The van der Waals surface area contributed by atoms with Gasteiger partial charge in [-0.15, -0.1) is 5.10 Å². The van der Waals surface area contributed by atoms with Gasteiger partial charge in [-0.25, -0.2) is 4.68 Å². The molecule has 1 heterocycles. The standard InChI is InChI=1S/C12H12N4O/c13-7-10-2-1-3-11(6-10)8-16-9-12(4-5-17)14-15-16/h1-3,6,9,17H,4-5,8H2. The molecule has 0 aliphatic rings. The average Bonchev–Trinajstić information content (AvgIpc) is 2.77. The third-order valence-corrected chi connectivity index (χ3v) is 2.35. The molecule has 5 nitrogen and oxygen atoms in total. The highest BCUT2D eigenvalue weighted by atomic mass is 16.3. The van der Waals surface area contributed by atoms with Crippen molar-refractivity contribution in [3.05, 3.63) is 47.3 Å². The van der Waals surface area contributed by atoms with Crippen LogP contribution in [0, 0.1) is 11.3 Å². The van der Waals surface area contributed by atoms with Gasteiger partial charge in [-0.05, 0) is 17.7 Å². The second kappa shape index (κ2) is 5.23. The number of nitriles is 1. The lowest BCUT2D eigenvalue weighted by Gasteiger charge is -2.00. The Kier molecular flexibility index (Phi) is 3.48. The number of hydrogen-bond acceptors (Lipinski definition) is 4. The molecule has 0 aliphatic carbocycles. The minimum absolute atomic E-state index is 0.0720. The summed E-state index contributed by atoms with van der Waals surface area (Å²) in [5.41, 5.74) is 2.41. The summed E-state index contributed by atoms with van der Waals surface area (Å²) < 4.78 is 1.70. The van der Waals surface area contributed by atoms with Crippen LogP contribution in [0.4, 0.5) is 0 Å². The minimum atomic E-state index is 0.0720. The number of hydrogen-bond donors (Lipinski definition) is 1. The lowest BCUT2D eigenvalue weighted by Crippen LogP contribution is -2.00. The normalized spacial score (nSPS) is 10.1. The Balaban J connectivity index is 2.11. The Morgan fingerprint density at radius 2 is 2.29 bits per heavy atom. The molecule has 1 aromatic carbocycles. The van der Waals surface area contributed by atoms with Crippen LogP contribution in [0.1, 0.15) is 16.8 Å². The maximum Gasteiger partial charge on any atom is 0.0991 e. The zero-order valence-corrected chi connectivity index (χ0v) is 9.24. The van der Waals surface area contributed by atoms with E-state index >= 15 is 0 Å². The van der Waals surface area contributed by atoms with Crippen molar-refractivity contribution in [1.82, 2.24) is 15.0 Å². The lowest BCUT2D eigenvalue weighted by molar-refractivity contribution is 0.298. The Hall–Kier alpha value is -2.19. The summed E-state index contributed by atoms with van der Waals surface area (Å²) in [4.78, 5) is 0. The van der Waals surface area contributed by atoms with Crippen LogP contribution < -0.4 is 0 Å². The number of nitrogens with zero attached hydrogens (tertiary/aromatic N) is 4. The first kappa shape index (κ1) is 11.3. The molecule has 0 radical (unpaired) electrons. The first-order valence-corrected chi connectivity index (χ1v) is 5.31. The van der Waals surface area contributed by atoms with Gasteiger partial charge in [0.1, 0.15) is 0 Å². The van der Waals surface area contributed by atoms with Crippen molar-refractivity contribution >= 4 is 0 Å². The topological polar surface area (TPSA) is 74.7 Å². The summed E-state index contributed by atoms with van der Waals surface area (Å²) in [6.07, 6.45) is 2.31. The summed E-state index contributed by atoms with van der Waals surface area (Å²) in [6.45, 7) is 0.649. The molecule has 0 bridgehead atoms. The second-order valence-corrected chi connectivity index (χ2v) is 3.69. The number of aliphatic hydroxyl groups is 1. The first-order chi connectivity index (χ1) is 8.31. The van der Waals surface area contributed by atoms with Crippen LogP contribution in [0.25, 0.3) is 0 Å². The maximum absolute atomic E-state index is 8.79. The predicted octanol–water partition coefficient (Wildman–Crippen LogP) is 0.733. The molecule has 2 rings (SSSR count). The fourth-order valence-electron chi connectivity index (χ4n) is 1.57. The van der Waals surface area contributed by atoms with E-state index in [0.717, 1.165) is 11.3 Å². The van der Waals surface area contributed by atoms with E-state index in [1.807, 2.05) is 18.2 Å². The Morgan fingerprint density at radius 3 is 3.06 bits per heavy atom. The molecule has 2 aromatic rings. The van der Waals surface area contributed by atoms with Gasteiger partial charge in [0.2, 0.25) is 0 Å². The van der Waals surface area contributed by atoms with Crippen LogP contribution in [-0.4, -0.2) is 26.7 Å². The molecule has 17 heavy (non-hydrogen) atoms. The molecule has 0 aliphatic heterocycles. The van der Waals surface area contributed by atoms with E-state index in [4.69, 9.17) is 10.4 Å². The van der Waals surface area contributed by atoms with Gasteiger partial charge in [0.15, 0.2) is 0 Å². The highest BCUT2D eigenvalue weighted by Gasteiger charge is 2.01. The molecule has 1 aromatic heterocycles. The molecule has 0 spiro atoms. The lowest BCUT2D eigenvalue weighted by atomic mass is 10.1. The third-order valence-electron chi connectivity index (χ3n) is 2.35. The van der Waals surface area contributed by atoms with E-state index in [0.29, 0.717) is 18.5 Å². The molecule has 86 valence electrons. The van der Waals surface area contributed by atoms with E-state index < -0.39 is 0 Å². The summed E-state index contributed by atoms with van der Waals surface area (Å²) in [6, 6.07) is 9.48. The van der Waals surface area contributed by atoms with Crippen molar-refractivity contribution in [3.63, 3.8) is 0 Å². The van der Waals surface area contributed by atoms with Gasteiger partial charge in [-0.1, -0.05) is 17.3 Å². The van der Waals surface area contributed by atoms with Crippen LogP contribution in [0.15, 0.2) is 30.5 Å². The van der Waals surface area contributed by atoms with E-state index in [1.165, 1.54) is 0 Å². The Bertz CT molecular complexity index is 541. The van der Waals surface area contributed by atoms with Crippen molar-refractivity contribution in [2.24, 2.45) is 0 Å². The molecule has 0 saturated carbocycles. The van der Waals surface area contributed by atoms with Crippen molar-refractivity contribution in [1.29, 1.82) is 5.26 Å². The minimum Gasteiger partial charge on any atom is -0.396 e. The zero-order chi connectivity index (χ0) is 12.1. The van der Waals surface area contributed by atoms with Gasteiger partial charge in [0.25, 0.3) is 0 Å². The zero-order valence-electron chi connectivity index (χ0n) is 9.24. The molecule has 0 atom stereocenters. The molecular formula is C12H12N4O. The van der Waals surface area contributed by atoms with E-state index in [1.54, 1.807) is 16.9 Å². The first-order valence-electron chi connectivity index (χ1n) is 5.31. The number of aromatic nitrogens is 3. The summed E-state index contributed by atoms with van der Waals surface area (Å²) in [7, 11) is 0. The second-order valence-electron chi connectivity index (χ2n) is 3.69. The van der Waals surface area contributed by atoms with Crippen LogP contribution in [0.2, 0.25) is 0 Å². The molecule has 5 heteroatoms. The SMILES string of the molecule is N#Cc1cccc(Cn2cc(CCO)nn2)c1. The van der Waals surface area contributed by atoms with E-state index in [-0.39, 0.29) is 6.61 Å². The van der Waals surface area contributed by atoms with Gasteiger partial charge in [-0.3, -0.25) is 0 Å². The average molecular weight is 228 g/mol. The summed E-state index contributed by atoms with van der Waals surface area (Å²) >= 11 is 0. The molecule has 1 N–H and O–H groups in total. The molecule has 0 unspecified atom stereocenters. The van der Waals surface area contributed by atoms with Crippen LogP contribution in [-0.2, 0) is 13.0 Å². The highest BCUT2D eigenvalue weighted by Crippen LogP contribution is 2.06. The third kappa shape index (κ3) is 2.89. The smallest absolute Gasteiger partial charge is 0.0991 e. The van der Waals surface area contributed by atoms with E-state index in [2.05, 4.69) is 16.4 Å². The number of aliphatic hydroxyl groups excluding tert-OH is 1. The fraction of sp³-hybridized carbons (Fsp3) is 0.250. The van der Waals surface area contributed by atoms with Crippen molar-refractivity contribution in [3.8, 4) is 6.07 Å². The maximum atomic E-state index is 8.79. The van der Waals surface area contributed by atoms with Gasteiger partial charge in [0.05, 0.1) is 23.9 Å². The fourth-order valence-corrected chi connectivity index (χ4v) is 1.57. The Labute approximate surface area is 98.9 Å². The van der Waals surface area contributed by atoms with Gasteiger partial charge in [-0.2, -0.15) is 5.26 Å². The van der Waals surface area contributed by atoms with Crippen molar-refractivity contribution in [2.45, 2.75) is 13.0 Å². The quantitative estimate of drug-likeness (QED) is 0.837. The van der Waals surface area contributed by atoms with Gasteiger partial charge >= 0.3 is 0 Å². The van der Waals surface area contributed by atoms with Crippen molar-refractivity contribution < 1.29 is 5.11 Å². The van der Waals surface area contributed by atoms with Gasteiger partial charge in [0, 0.05) is 19.2 Å². The van der Waals surface area contributed by atoms with Gasteiger partial charge < -0.3 is 5.11 Å². The van der Waals surface area contributed by atoms with Crippen molar-refractivity contribution in [2.75, 3.05) is 6.61 Å². The Morgan fingerprint density at radius 1 is 1.41 bits per heavy atom. The monoisotopic (exact) mass is 228 g/mol.